The van der Waals surface area contributed by atoms with E-state index in [1.807, 2.05) is 36.4 Å². The van der Waals surface area contributed by atoms with Crippen molar-refractivity contribution >= 4 is 38.9 Å². The molecule has 74 heavy (non-hydrogen) atoms. The molecular weight excluding hydrogens is 893 g/mol. The minimum Gasteiger partial charge on any atom is -0.311 e. The number of aromatic nitrogens is 1. The molecule has 0 saturated carbocycles. The van der Waals surface area contributed by atoms with Crippen LogP contribution in [-0.4, -0.2) is 4.57 Å². The van der Waals surface area contributed by atoms with Crippen molar-refractivity contribution < 1.29 is 0 Å². The number of nitrogens with zero attached hydrogens (tertiary/aromatic N) is 2. The van der Waals surface area contributed by atoms with Crippen molar-refractivity contribution in [3.63, 3.8) is 0 Å². The van der Waals surface area contributed by atoms with Crippen LogP contribution in [0.25, 0.3) is 94.3 Å². The summed E-state index contributed by atoms with van der Waals surface area (Å²) in [5.41, 5.74) is 21.3. The van der Waals surface area contributed by atoms with Gasteiger partial charge in [-0.25, -0.2) is 0 Å². The molecular formula is C72H52N2. The molecule has 0 bridgehead atoms. The highest BCUT2D eigenvalue weighted by Gasteiger charge is 2.16. The second-order valence-electron chi connectivity index (χ2n) is 18.5. The smallest absolute Gasteiger partial charge is 0.0541 e. The van der Waals surface area contributed by atoms with Gasteiger partial charge in [-0.1, -0.05) is 243 Å². The third-order valence-electron chi connectivity index (χ3n) is 13.9. The molecule has 0 fully saturated rings. The van der Waals surface area contributed by atoms with Crippen molar-refractivity contribution in [2.24, 2.45) is 0 Å². The van der Waals surface area contributed by atoms with Gasteiger partial charge >= 0.3 is 0 Å². The Balaban J connectivity index is 0.000000867. The molecule has 0 spiro atoms. The Bertz CT molecular complexity index is 3880. The van der Waals surface area contributed by atoms with Gasteiger partial charge in [-0.05, 0) is 140 Å². The molecule has 0 atom stereocenters. The van der Waals surface area contributed by atoms with Crippen LogP contribution in [0.15, 0.2) is 315 Å². The fraction of sp³-hybridized carbons (Fsp3) is 0. The van der Waals surface area contributed by atoms with Crippen molar-refractivity contribution in [1.82, 2.24) is 4.57 Å². The molecule has 0 unspecified atom stereocenters. The molecule has 0 radical (unpaired) electrons. The molecule has 1 aromatic heterocycles. The number of benzene rings is 12. The van der Waals surface area contributed by atoms with E-state index in [2.05, 4.69) is 289 Å². The maximum Gasteiger partial charge on any atom is 0.0541 e. The number of rotatable bonds is 10. The standard InChI is InChI=1S/C66H46N2.C6H6/c1-5-13-47(14-6-1)54-33-39-61(40-34-54)67(59-17-9-3-10-18-59)62-41-35-55(36-42-62)53-27-25-50(26-28-53)49-21-23-51(24-22-49)52-29-31-56(32-30-52)58-38-44-66-64(46-58)63-45-57(48-15-7-2-8-16-48)37-43-65(63)68(66)60-19-11-4-12-20-60;1-2-4-6-5-3-1/h1-46H;1-6H. The van der Waals surface area contributed by atoms with E-state index in [-0.39, 0.29) is 0 Å². The van der Waals surface area contributed by atoms with Crippen LogP contribution >= 0.6 is 0 Å². The lowest BCUT2D eigenvalue weighted by atomic mass is 9.96. The average molecular weight is 945 g/mol. The summed E-state index contributed by atoms with van der Waals surface area (Å²) in [4.78, 5) is 2.31. The molecule has 2 nitrogen and oxygen atoms in total. The van der Waals surface area contributed by atoms with E-state index in [1.54, 1.807) is 0 Å². The van der Waals surface area contributed by atoms with Gasteiger partial charge in [0.1, 0.15) is 0 Å². The van der Waals surface area contributed by atoms with Crippen molar-refractivity contribution in [2.75, 3.05) is 4.90 Å². The van der Waals surface area contributed by atoms with Gasteiger partial charge in [0.25, 0.3) is 0 Å². The highest BCUT2D eigenvalue weighted by Crippen LogP contribution is 2.39. The number of hydrogen-bond acceptors (Lipinski definition) is 1. The zero-order valence-electron chi connectivity index (χ0n) is 40.9. The topological polar surface area (TPSA) is 8.17 Å². The predicted molar refractivity (Wildman–Crippen MR) is 315 cm³/mol. The lowest BCUT2D eigenvalue weighted by molar-refractivity contribution is 1.18. The normalized spacial score (nSPS) is 11.0. The van der Waals surface area contributed by atoms with E-state index in [0.29, 0.717) is 0 Å². The van der Waals surface area contributed by atoms with Crippen LogP contribution in [0.4, 0.5) is 17.1 Å². The van der Waals surface area contributed by atoms with E-state index in [0.717, 1.165) is 22.7 Å². The van der Waals surface area contributed by atoms with E-state index >= 15 is 0 Å². The van der Waals surface area contributed by atoms with Gasteiger partial charge in [-0.15, -0.1) is 0 Å². The van der Waals surface area contributed by atoms with Gasteiger partial charge in [-0.2, -0.15) is 0 Å². The SMILES string of the molecule is c1ccc(-c2ccc(N(c3ccccc3)c3ccc(-c4ccc(-c5ccc(-c6ccc(-c7ccc8c(c7)c7cc(-c9ccccc9)ccc7n8-c7ccccc7)cc6)cc5)cc4)cc3)cc2)cc1.c1ccccc1. The van der Waals surface area contributed by atoms with Crippen LogP contribution < -0.4 is 4.90 Å². The number of anilines is 3. The van der Waals surface area contributed by atoms with Crippen LogP contribution in [0, 0.1) is 0 Å². The van der Waals surface area contributed by atoms with Crippen LogP contribution in [0.3, 0.4) is 0 Å². The van der Waals surface area contributed by atoms with Crippen LogP contribution in [0.1, 0.15) is 0 Å². The van der Waals surface area contributed by atoms with E-state index in [1.165, 1.54) is 88.6 Å². The highest BCUT2D eigenvalue weighted by atomic mass is 15.1. The van der Waals surface area contributed by atoms with Gasteiger partial charge in [0.2, 0.25) is 0 Å². The maximum absolute atomic E-state index is 2.39. The van der Waals surface area contributed by atoms with Crippen LogP contribution in [0.5, 0.6) is 0 Å². The van der Waals surface area contributed by atoms with Gasteiger partial charge in [0, 0.05) is 33.5 Å². The Morgan fingerprint density at radius 3 is 0.770 bits per heavy atom. The summed E-state index contributed by atoms with van der Waals surface area (Å²) in [6.45, 7) is 0. The predicted octanol–water partition coefficient (Wildman–Crippen LogP) is 19.9. The van der Waals surface area contributed by atoms with Gasteiger partial charge < -0.3 is 9.47 Å². The van der Waals surface area contributed by atoms with Crippen LogP contribution in [-0.2, 0) is 0 Å². The highest BCUT2D eigenvalue weighted by molar-refractivity contribution is 6.11. The van der Waals surface area contributed by atoms with E-state index in [9.17, 15) is 0 Å². The second-order valence-corrected chi connectivity index (χ2v) is 18.5. The third-order valence-corrected chi connectivity index (χ3v) is 13.9. The molecule has 2 heteroatoms. The summed E-state index contributed by atoms with van der Waals surface area (Å²) in [6.07, 6.45) is 0. The second kappa shape index (κ2) is 20.9. The molecule has 350 valence electrons. The summed E-state index contributed by atoms with van der Waals surface area (Å²) in [7, 11) is 0. The minimum atomic E-state index is 1.11. The summed E-state index contributed by atoms with van der Waals surface area (Å²) in [5.74, 6) is 0. The molecule has 1 heterocycles. The largest absolute Gasteiger partial charge is 0.311 e. The molecule has 0 aliphatic carbocycles. The zero-order valence-corrected chi connectivity index (χ0v) is 40.9. The Labute approximate surface area is 434 Å². The summed E-state index contributed by atoms with van der Waals surface area (Å²) >= 11 is 0. The first-order valence-electron chi connectivity index (χ1n) is 25.3. The fourth-order valence-corrected chi connectivity index (χ4v) is 10.1. The molecule has 12 aromatic carbocycles. The number of fused-ring (bicyclic) bond motifs is 3. The number of para-hydroxylation sites is 2. The molecule has 0 N–H and O–H groups in total. The quantitative estimate of drug-likeness (QED) is 0.133. The fourth-order valence-electron chi connectivity index (χ4n) is 10.1. The van der Waals surface area contributed by atoms with Crippen molar-refractivity contribution in [3.8, 4) is 72.4 Å². The maximum atomic E-state index is 2.39. The molecule has 0 amide bonds. The van der Waals surface area contributed by atoms with Crippen molar-refractivity contribution in [2.45, 2.75) is 0 Å². The molecule has 13 aromatic rings. The Morgan fingerprint density at radius 1 is 0.189 bits per heavy atom. The Kier molecular flexibility index (Phi) is 12.8. The first kappa shape index (κ1) is 45.4. The minimum absolute atomic E-state index is 1.11. The molecule has 0 aliphatic rings. The van der Waals surface area contributed by atoms with Crippen LogP contribution in [0.2, 0.25) is 0 Å². The molecule has 13 rings (SSSR count). The molecule has 0 saturated heterocycles. The molecule has 0 aliphatic heterocycles. The third kappa shape index (κ3) is 9.56. The van der Waals surface area contributed by atoms with E-state index < -0.39 is 0 Å². The van der Waals surface area contributed by atoms with Crippen molar-refractivity contribution in [1.29, 1.82) is 0 Å². The van der Waals surface area contributed by atoms with Gasteiger partial charge in [0.15, 0.2) is 0 Å². The van der Waals surface area contributed by atoms with Crippen molar-refractivity contribution in [3.05, 3.63) is 315 Å². The first-order chi connectivity index (χ1) is 36.7. The summed E-state index contributed by atoms with van der Waals surface area (Å²) in [5, 5.41) is 2.50. The average Bonchev–Trinajstić information content (AvgIpc) is 3.82. The first-order valence-corrected chi connectivity index (χ1v) is 25.3. The number of hydrogen-bond donors (Lipinski definition) is 0. The van der Waals surface area contributed by atoms with E-state index in [4.69, 9.17) is 0 Å². The summed E-state index contributed by atoms with van der Waals surface area (Å²) in [6, 6.07) is 113. The lowest BCUT2D eigenvalue weighted by Gasteiger charge is -2.26. The van der Waals surface area contributed by atoms with Gasteiger partial charge in [-0.3, -0.25) is 0 Å². The lowest BCUT2D eigenvalue weighted by Crippen LogP contribution is -2.09. The van der Waals surface area contributed by atoms with Gasteiger partial charge in [0.05, 0.1) is 11.0 Å². The Morgan fingerprint density at radius 2 is 0.419 bits per heavy atom. The monoisotopic (exact) mass is 944 g/mol. The summed E-state index contributed by atoms with van der Waals surface area (Å²) < 4.78 is 2.39. The zero-order chi connectivity index (χ0) is 49.5. The Hall–Kier alpha value is -9.76.